The van der Waals surface area contributed by atoms with Crippen molar-refractivity contribution in [2.45, 2.75) is 13.5 Å². The Bertz CT molecular complexity index is 984. The number of hydrogen-bond acceptors (Lipinski definition) is 5. The van der Waals surface area contributed by atoms with Gasteiger partial charge in [-0.25, -0.2) is 13.1 Å². The van der Waals surface area contributed by atoms with E-state index in [4.69, 9.17) is 4.74 Å². The van der Waals surface area contributed by atoms with Gasteiger partial charge in [0.2, 0.25) is 10.0 Å². The molecule has 0 unspecified atom stereocenters. The van der Waals surface area contributed by atoms with Crippen LogP contribution >= 0.6 is 0 Å². The summed E-state index contributed by atoms with van der Waals surface area (Å²) in [4.78, 5) is 25.7. The Balaban J connectivity index is 1.60. The highest BCUT2D eigenvalue weighted by atomic mass is 32.2. The number of ether oxygens (including phenoxy) is 1. The predicted molar refractivity (Wildman–Crippen MR) is 100 cm³/mol. The van der Waals surface area contributed by atoms with Crippen molar-refractivity contribution in [3.05, 3.63) is 64.7 Å². The third-order valence-electron chi connectivity index (χ3n) is 4.37. The molecule has 2 aromatic carbocycles. The molecule has 1 aliphatic rings. The summed E-state index contributed by atoms with van der Waals surface area (Å²) < 4.78 is 32.0. The summed E-state index contributed by atoms with van der Waals surface area (Å²) in [6.07, 6.45) is 0. The molecule has 1 heterocycles. The van der Waals surface area contributed by atoms with Crippen LogP contribution in [0.4, 0.5) is 0 Å². The average Bonchev–Trinajstić information content (AvgIpc) is 2.89. The van der Waals surface area contributed by atoms with Gasteiger partial charge in [0.1, 0.15) is 5.75 Å². The minimum atomic E-state index is -3.65. The van der Waals surface area contributed by atoms with Crippen LogP contribution in [0.3, 0.4) is 0 Å². The third-order valence-corrected chi connectivity index (χ3v) is 5.67. The van der Waals surface area contributed by atoms with Crippen molar-refractivity contribution >= 4 is 21.8 Å². The summed E-state index contributed by atoms with van der Waals surface area (Å²) in [6, 6.07) is 12.0. The number of aryl methyl sites for hydroxylation is 1. The van der Waals surface area contributed by atoms with Crippen molar-refractivity contribution in [3.63, 3.8) is 0 Å². The molecule has 0 saturated heterocycles. The van der Waals surface area contributed by atoms with Crippen LogP contribution in [-0.2, 0) is 16.6 Å². The molecule has 0 radical (unpaired) electrons. The fourth-order valence-corrected chi connectivity index (χ4v) is 3.78. The highest BCUT2D eigenvalue weighted by molar-refractivity contribution is 7.89. The lowest BCUT2D eigenvalue weighted by molar-refractivity contribution is 0.0664. The molecule has 27 heavy (non-hydrogen) atoms. The number of carbonyl (C=O) groups is 2. The molecule has 0 aliphatic carbocycles. The van der Waals surface area contributed by atoms with Gasteiger partial charge in [-0.05, 0) is 36.8 Å². The smallest absolute Gasteiger partial charge is 0.261 e. The van der Waals surface area contributed by atoms with Crippen molar-refractivity contribution in [3.8, 4) is 5.75 Å². The van der Waals surface area contributed by atoms with Crippen LogP contribution in [0.2, 0.25) is 0 Å². The Morgan fingerprint density at radius 1 is 1.00 bits per heavy atom. The van der Waals surface area contributed by atoms with Gasteiger partial charge in [0.05, 0.1) is 24.0 Å². The predicted octanol–water partition coefficient (Wildman–Crippen LogP) is 1.72. The van der Waals surface area contributed by atoms with Crippen LogP contribution in [0, 0.1) is 6.92 Å². The zero-order chi connectivity index (χ0) is 19.6. The molecule has 2 aromatic rings. The van der Waals surface area contributed by atoms with Gasteiger partial charge in [0, 0.05) is 13.1 Å². The van der Waals surface area contributed by atoms with Crippen LogP contribution in [-0.4, -0.2) is 44.5 Å². The van der Waals surface area contributed by atoms with E-state index < -0.39 is 21.8 Å². The number of sulfonamides is 1. The molecule has 0 spiro atoms. The molecule has 142 valence electrons. The maximum Gasteiger partial charge on any atom is 0.261 e. The van der Waals surface area contributed by atoms with Crippen molar-refractivity contribution in [1.29, 1.82) is 0 Å². The van der Waals surface area contributed by atoms with Crippen molar-refractivity contribution in [1.82, 2.24) is 9.62 Å². The first kappa shape index (κ1) is 19.1. The topological polar surface area (TPSA) is 92.8 Å². The first-order chi connectivity index (χ1) is 12.8. The molecule has 0 fully saturated rings. The van der Waals surface area contributed by atoms with Crippen LogP contribution in [0.25, 0.3) is 0 Å². The number of methoxy groups -OCH3 is 1. The van der Waals surface area contributed by atoms with Gasteiger partial charge in [-0.3, -0.25) is 14.5 Å². The fourth-order valence-electron chi connectivity index (χ4n) is 2.83. The molecule has 0 aromatic heterocycles. The summed E-state index contributed by atoms with van der Waals surface area (Å²) in [5.41, 5.74) is 2.28. The van der Waals surface area contributed by atoms with Gasteiger partial charge in [0.15, 0.2) is 0 Å². The molecular weight excluding hydrogens is 368 g/mol. The molecule has 2 amide bonds. The standard InChI is InChI=1S/C19H20N2O5S/c1-13-3-8-16-17(11-13)19(23)21(18(16)22)9-10-27(24,25)20-12-14-4-6-15(26-2)7-5-14/h3-8,11,20H,9-10,12H2,1-2H3. The van der Waals surface area contributed by atoms with Crippen LogP contribution in [0.15, 0.2) is 42.5 Å². The van der Waals surface area contributed by atoms with Crippen molar-refractivity contribution in [2.24, 2.45) is 0 Å². The molecule has 0 atom stereocenters. The van der Waals surface area contributed by atoms with Gasteiger partial charge in [-0.1, -0.05) is 23.8 Å². The number of amides is 2. The number of hydrogen-bond donors (Lipinski definition) is 1. The van der Waals surface area contributed by atoms with E-state index in [0.29, 0.717) is 16.9 Å². The number of fused-ring (bicyclic) bond motifs is 1. The Morgan fingerprint density at radius 3 is 2.33 bits per heavy atom. The van der Waals surface area contributed by atoms with E-state index in [1.165, 1.54) is 0 Å². The lowest BCUT2D eigenvalue weighted by Crippen LogP contribution is -2.37. The Kier molecular flexibility index (Phi) is 5.29. The molecule has 1 aliphatic heterocycles. The second-order valence-corrected chi connectivity index (χ2v) is 8.23. The average molecular weight is 388 g/mol. The van der Waals surface area contributed by atoms with Gasteiger partial charge in [-0.15, -0.1) is 0 Å². The van der Waals surface area contributed by atoms with Gasteiger partial charge >= 0.3 is 0 Å². The highest BCUT2D eigenvalue weighted by Gasteiger charge is 2.35. The van der Waals surface area contributed by atoms with Crippen LogP contribution in [0.5, 0.6) is 5.75 Å². The lowest BCUT2D eigenvalue weighted by atomic mass is 10.1. The van der Waals surface area contributed by atoms with Gasteiger partial charge < -0.3 is 4.74 Å². The number of carbonyl (C=O) groups excluding carboxylic acids is 2. The Hall–Kier alpha value is -2.71. The second-order valence-electron chi connectivity index (χ2n) is 6.30. The number of imide groups is 1. The molecule has 8 heteroatoms. The Labute approximate surface area is 158 Å². The first-order valence-electron chi connectivity index (χ1n) is 8.38. The molecular formula is C19H20N2O5S. The third kappa shape index (κ3) is 4.17. The quantitative estimate of drug-likeness (QED) is 0.729. The molecule has 1 N–H and O–H groups in total. The van der Waals surface area contributed by atoms with Gasteiger partial charge in [-0.2, -0.15) is 0 Å². The first-order valence-corrected chi connectivity index (χ1v) is 10.0. The maximum absolute atomic E-state index is 12.4. The molecule has 3 rings (SSSR count). The molecule has 0 saturated carbocycles. The summed E-state index contributed by atoms with van der Waals surface area (Å²) in [5.74, 6) is -0.583. The fraction of sp³-hybridized carbons (Fsp3) is 0.263. The second kappa shape index (κ2) is 7.50. The number of rotatable bonds is 7. The van der Waals surface area contributed by atoms with E-state index in [1.54, 1.807) is 49.6 Å². The summed E-state index contributed by atoms with van der Waals surface area (Å²) in [7, 11) is -2.10. The molecule has 0 bridgehead atoms. The Morgan fingerprint density at radius 2 is 1.67 bits per heavy atom. The minimum absolute atomic E-state index is 0.119. The summed E-state index contributed by atoms with van der Waals surface area (Å²) in [6.45, 7) is 1.76. The normalized spacial score (nSPS) is 13.8. The van der Waals surface area contributed by atoms with E-state index in [0.717, 1.165) is 16.0 Å². The van der Waals surface area contributed by atoms with Crippen LogP contribution < -0.4 is 9.46 Å². The maximum atomic E-state index is 12.4. The zero-order valence-electron chi connectivity index (χ0n) is 15.1. The van der Waals surface area contributed by atoms with Crippen molar-refractivity contribution < 1.29 is 22.7 Å². The van der Waals surface area contributed by atoms with E-state index >= 15 is 0 Å². The van der Waals surface area contributed by atoms with E-state index in [-0.39, 0.29) is 18.8 Å². The number of nitrogens with zero attached hydrogens (tertiary/aromatic N) is 1. The number of benzene rings is 2. The summed E-state index contributed by atoms with van der Waals surface area (Å²) in [5, 5.41) is 0. The zero-order valence-corrected chi connectivity index (χ0v) is 15.9. The van der Waals surface area contributed by atoms with E-state index in [2.05, 4.69) is 4.72 Å². The summed E-state index contributed by atoms with van der Waals surface area (Å²) >= 11 is 0. The van der Waals surface area contributed by atoms with Crippen LogP contribution in [0.1, 0.15) is 31.8 Å². The SMILES string of the molecule is COc1ccc(CNS(=O)(=O)CCN2C(=O)c3ccc(C)cc3C2=O)cc1. The van der Waals surface area contributed by atoms with E-state index in [1.807, 2.05) is 6.92 Å². The highest BCUT2D eigenvalue weighted by Crippen LogP contribution is 2.23. The molecule has 7 nitrogen and oxygen atoms in total. The van der Waals surface area contributed by atoms with Gasteiger partial charge in [0.25, 0.3) is 11.8 Å². The monoisotopic (exact) mass is 388 g/mol. The largest absolute Gasteiger partial charge is 0.497 e. The van der Waals surface area contributed by atoms with Crippen molar-refractivity contribution in [2.75, 3.05) is 19.4 Å². The van der Waals surface area contributed by atoms with E-state index in [9.17, 15) is 18.0 Å². The minimum Gasteiger partial charge on any atom is -0.497 e. The lowest BCUT2D eigenvalue weighted by Gasteiger charge is -2.14. The number of nitrogens with one attached hydrogen (secondary N) is 1.